The molecule has 4 aromatic heterocycles. The van der Waals surface area contributed by atoms with Gasteiger partial charge in [-0.3, -0.25) is 14.3 Å². The van der Waals surface area contributed by atoms with Crippen LogP contribution in [0, 0.1) is 11.8 Å². The van der Waals surface area contributed by atoms with Crippen LogP contribution in [0.15, 0.2) is 43.4 Å². The molecule has 1 aliphatic heterocycles. The van der Waals surface area contributed by atoms with Gasteiger partial charge in [0.25, 0.3) is 0 Å². The number of imidazole rings is 1. The molecule has 5 heterocycles. The maximum absolute atomic E-state index is 12.5. The number of pyridine rings is 2. The number of nitrogen functional groups attached to an aromatic ring is 1. The van der Waals surface area contributed by atoms with Gasteiger partial charge in [-0.15, -0.1) is 0 Å². The quantitative estimate of drug-likeness (QED) is 0.274. The van der Waals surface area contributed by atoms with Crippen LogP contribution in [-0.2, 0) is 4.79 Å². The van der Waals surface area contributed by atoms with Gasteiger partial charge in [-0.1, -0.05) is 12.5 Å². The number of carbonyl (C=O) groups is 2. The summed E-state index contributed by atoms with van der Waals surface area (Å²) < 4.78 is 3.81. The molecule has 1 saturated carbocycles. The molecule has 0 radical (unpaired) electrons. The first-order valence-electron chi connectivity index (χ1n) is 12.0. The number of carbonyl (C=O) groups excluding carboxylic acids is 2. The molecule has 1 atom stereocenters. The summed E-state index contributed by atoms with van der Waals surface area (Å²) in [6.45, 7) is 6.13. The predicted octanol–water partition coefficient (Wildman–Crippen LogP) is 3.10. The SMILES string of the molecule is C=CC(=O)N1CC[C@H](n2nc(C#Cc3ccn4cc(C5CC5)nc4c3)c3c(N)ncc(C(C)=O)c32)C1. The number of amides is 1. The monoisotopic (exact) mass is 479 g/mol. The Labute approximate surface area is 207 Å². The molecule has 4 aromatic rings. The van der Waals surface area contributed by atoms with E-state index in [1.165, 1.54) is 32.0 Å². The maximum atomic E-state index is 12.5. The van der Waals surface area contributed by atoms with Crippen molar-refractivity contribution >= 4 is 34.1 Å². The molecule has 0 aromatic carbocycles. The van der Waals surface area contributed by atoms with E-state index in [4.69, 9.17) is 15.8 Å². The van der Waals surface area contributed by atoms with Crippen molar-refractivity contribution in [1.29, 1.82) is 0 Å². The van der Waals surface area contributed by atoms with Crippen molar-refractivity contribution in [2.45, 2.75) is 38.1 Å². The number of fused-ring (bicyclic) bond motifs is 2. The van der Waals surface area contributed by atoms with Crippen LogP contribution in [-0.4, -0.2) is 53.8 Å². The Hall–Kier alpha value is -4.45. The predicted molar refractivity (Wildman–Crippen MR) is 136 cm³/mol. The molecule has 0 spiro atoms. The standard InChI is InChI=1S/C27H25N7O2/c1-3-24(36)33-11-9-19(14-33)34-26-20(16(2)35)13-29-27(28)25(26)21(31-34)7-4-17-8-10-32-15-22(18-5-6-18)30-23(32)12-17/h3,8,10,12-13,15,18-19H,1,5-6,9,11,14H2,2H3,(H2,28,29)/t19-/m0/s1. The van der Waals surface area contributed by atoms with Crippen LogP contribution >= 0.6 is 0 Å². The number of hydrogen-bond donors (Lipinski definition) is 1. The zero-order chi connectivity index (χ0) is 25.0. The summed E-state index contributed by atoms with van der Waals surface area (Å²) in [6, 6.07) is 3.78. The number of aromatic nitrogens is 5. The highest BCUT2D eigenvalue weighted by molar-refractivity contribution is 6.09. The topological polar surface area (TPSA) is 111 Å². The van der Waals surface area contributed by atoms with Crippen molar-refractivity contribution in [3.63, 3.8) is 0 Å². The van der Waals surface area contributed by atoms with Crippen molar-refractivity contribution in [2.24, 2.45) is 0 Å². The molecule has 1 aliphatic carbocycles. The summed E-state index contributed by atoms with van der Waals surface area (Å²) >= 11 is 0. The summed E-state index contributed by atoms with van der Waals surface area (Å²) in [4.78, 5) is 35.3. The lowest BCUT2D eigenvalue weighted by atomic mass is 10.1. The highest BCUT2D eigenvalue weighted by Crippen LogP contribution is 2.39. The van der Waals surface area contributed by atoms with Crippen molar-refractivity contribution in [2.75, 3.05) is 18.8 Å². The van der Waals surface area contributed by atoms with Crippen LogP contribution in [0.2, 0.25) is 0 Å². The minimum absolute atomic E-state index is 0.117. The Morgan fingerprint density at radius 1 is 1.25 bits per heavy atom. The molecule has 2 aliphatic rings. The van der Waals surface area contributed by atoms with E-state index in [9.17, 15) is 9.59 Å². The lowest BCUT2D eigenvalue weighted by Gasteiger charge is -2.16. The summed E-state index contributed by atoms with van der Waals surface area (Å²) in [7, 11) is 0. The molecule has 36 heavy (non-hydrogen) atoms. The van der Waals surface area contributed by atoms with E-state index in [0.717, 1.165) is 16.9 Å². The Kier molecular flexibility index (Phi) is 5.11. The fourth-order valence-corrected chi connectivity index (χ4v) is 4.86. The van der Waals surface area contributed by atoms with Crippen LogP contribution in [0.3, 0.4) is 0 Å². The van der Waals surface area contributed by atoms with Crippen molar-refractivity contribution in [1.82, 2.24) is 29.0 Å². The molecule has 1 saturated heterocycles. The minimum Gasteiger partial charge on any atom is -0.383 e. The third kappa shape index (κ3) is 3.71. The smallest absolute Gasteiger partial charge is 0.246 e. The Bertz CT molecular complexity index is 1630. The van der Waals surface area contributed by atoms with E-state index in [2.05, 4.69) is 29.6 Å². The third-order valence-electron chi connectivity index (χ3n) is 6.93. The Balaban J connectivity index is 1.43. The van der Waals surface area contributed by atoms with E-state index in [0.29, 0.717) is 47.6 Å². The fraction of sp³-hybridized carbons (Fsp3) is 0.296. The fourth-order valence-electron chi connectivity index (χ4n) is 4.86. The lowest BCUT2D eigenvalue weighted by molar-refractivity contribution is -0.125. The molecule has 0 bridgehead atoms. The molecule has 1 amide bonds. The molecule has 2 N–H and O–H groups in total. The van der Waals surface area contributed by atoms with Gasteiger partial charge in [0.1, 0.15) is 17.2 Å². The van der Waals surface area contributed by atoms with Gasteiger partial charge in [0.05, 0.1) is 28.2 Å². The molecular formula is C27H25N7O2. The van der Waals surface area contributed by atoms with E-state index >= 15 is 0 Å². The summed E-state index contributed by atoms with van der Waals surface area (Å²) in [6.07, 6.45) is 9.94. The highest BCUT2D eigenvalue weighted by atomic mass is 16.2. The summed E-state index contributed by atoms with van der Waals surface area (Å²) in [5.41, 5.74) is 10.6. The van der Waals surface area contributed by atoms with Crippen molar-refractivity contribution in [3.8, 4) is 11.8 Å². The van der Waals surface area contributed by atoms with Gasteiger partial charge in [0.2, 0.25) is 5.91 Å². The second-order valence-corrected chi connectivity index (χ2v) is 9.43. The molecule has 9 nitrogen and oxygen atoms in total. The number of nitrogens with two attached hydrogens (primary N) is 1. The van der Waals surface area contributed by atoms with Gasteiger partial charge in [-0.2, -0.15) is 5.10 Å². The number of rotatable bonds is 4. The maximum Gasteiger partial charge on any atom is 0.246 e. The van der Waals surface area contributed by atoms with Gasteiger partial charge in [0.15, 0.2) is 5.78 Å². The van der Waals surface area contributed by atoms with Crippen LogP contribution in [0.25, 0.3) is 16.6 Å². The number of anilines is 1. The second-order valence-electron chi connectivity index (χ2n) is 9.43. The average Bonchev–Trinajstić information content (AvgIpc) is 3.27. The van der Waals surface area contributed by atoms with Crippen LogP contribution in [0.5, 0.6) is 0 Å². The van der Waals surface area contributed by atoms with E-state index in [-0.39, 0.29) is 23.6 Å². The first kappa shape index (κ1) is 22.0. The molecular weight excluding hydrogens is 454 g/mol. The Morgan fingerprint density at radius 2 is 2.08 bits per heavy atom. The van der Waals surface area contributed by atoms with E-state index in [1.807, 2.05) is 22.7 Å². The number of nitrogens with zero attached hydrogens (tertiary/aromatic N) is 6. The number of ketones is 1. The van der Waals surface area contributed by atoms with Gasteiger partial charge >= 0.3 is 0 Å². The highest BCUT2D eigenvalue weighted by Gasteiger charge is 2.30. The Morgan fingerprint density at radius 3 is 2.83 bits per heavy atom. The average molecular weight is 480 g/mol. The van der Waals surface area contributed by atoms with Gasteiger partial charge in [-0.05, 0) is 50.3 Å². The zero-order valence-corrected chi connectivity index (χ0v) is 19.9. The largest absolute Gasteiger partial charge is 0.383 e. The summed E-state index contributed by atoms with van der Waals surface area (Å²) in [5, 5.41) is 5.35. The number of likely N-dealkylation sites (tertiary alicyclic amines) is 1. The van der Waals surface area contributed by atoms with Gasteiger partial charge in [0, 0.05) is 43.2 Å². The minimum atomic E-state index is -0.138. The molecule has 2 fully saturated rings. The zero-order valence-electron chi connectivity index (χ0n) is 19.9. The third-order valence-corrected chi connectivity index (χ3v) is 6.93. The van der Waals surface area contributed by atoms with Crippen LogP contribution in [0.4, 0.5) is 5.82 Å². The molecule has 180 valence electrons. The van der Waals surface area contributed by atoms with Crippen LogP contribution in [0.1, 0.15) is 65.5 Å². The first-order valence-corrected chi connectivity index (χ1v) is 12.0. The van der Waals surface area contributed by atoms with Crippen molar-refractivity contribution < 1.29 is 9.59 Å². The number of hydrogen-bond acceptors (Lipinski definition) is 6. The van der Waals surface area contributed by atoms with Gasteiger partial charge < -0.3 is 15.0 Å². The normalized spacial score (nSPS) is 17.4. The van der Waals surface area contributed by atoms with E-state index in [1.54, 1.807) is 9.58 Å². The van der Waals surface area contributed by atoms with Crippen LogP contribution < -0.4 is 5.73 Å². The van der Waals surface area contributed by atoms with Crippen molar-refractivity contribution in [3.05, 3.63) is 65.9 Å². The molecule has 0 unspecified atom stereocenters. The molecule has 6 rings (SSSR count). The summed E-state index contributed by atoms with van der Waals surface area (Å²) in [5.74, 6) is 6.93. The van der Waals surface area contributed by atoms with Gasteiger partial charge in [-0.25, -0.2) is 9.97 Å². The number of Topliss-reactive ketones (excluding diaryl/α,β-unsaturated/α-hetero) is 1. The first-order chi connectivity index (χ1) is 17.4. The molecule has 9 heteroatoms. The lowest BCUT2D eigenvalue weighted by Crippen LogP contribution is -2.27. The second kappa shape index (κ2) is 8.34. The van der Waals surface area contributed by atoms with E-state index < -0.39 is 0 Å².